The Kier molecular flexibility index (Phi) is 4.35. The molecule has 2 amide bonds. The first kappa shape index (κ1) is 16.4. The van der Waals surface area contributed by atoms with Crippen LogP contribution in [-0.4, -0.2) is 55.5 Å². The first-order valence-corrected chi connectivity index (χ1v) is 9.06. The van der Waals surface area contributed by atoms with Crippen molar-refractivity contribution < 1.29 is 9.59 Å². The van der Waals surface area contributed by atoms with Gasteiger partial charge < -0.3 is 15.5 Å². The summed E-state index contributed by atoms with van der Waals surface area (Å²) in [4.78, 5) is 27.1. The van der Waals surface area contributed by atoms with Gasteiger partial charge in [-0.05, 0) is 30.9 Å². The van der Waals surface area contributed by atoms with Crippen LogP contribution in [0.3, 0.4) is 0 Å². The second-order valence-electron chi connectivity index (χ2n) is 7.06. The number of anilines is 1. The van der Waals surface area contributed by atoms with Crippen molar-refractivity contribution in [3.63, 3.8) is 0 Å². The Labute approximate surface area is 147 Å². The molecule has 0 saturated carbocycles. The molecule has 3 aliphatic heterocycles. The molecule has 4 rings (SSSR count). The number of para-hydroxylation sites is 1. The Bertz CT molecular complexity index is 692. The standard InChI is InChI=1S/C18H25N5O2/c1-19-17(24)16-13-10-23(9-7-14(13)21-22-16)18(25)12-6-2-4-11-5-3-8-20-15(11)12/h2,4,6,13-14,16,20-22H,3,5,7-10H2,1H3,(H,19,24). The molecule has 1 aromatic rings. The SMILES string of the molecule is CNC(=O)C1NNC2CCN(C(=O)c3cccc4c3NCCC4)CC21. The van der Waals surface area contributed by atoms with Crippen LogP contribution >= 0.6 is 0 Å². The van der Waals surface area contributed by atoms with Crippen LogP contribution in [0, 0.1) is 5.92 Å². The van der Waals surface area contributed by atoms with Crippen LogP contribution in [0.5, 0.6) is 0 Å². The minimum atomic E-state index is -0.298. The maximum absolute atomic E-state index is 13.2. The van der Waals surface area contributed by atoms with Crippen molar-refractivity contribution in [2.45, 2.75) is 31.3 Å². The minimum Gasteiger partial charge on any atom is -0.384 e. The molecule has 3 heterocycles. The summed E-state index contributed by atoms with van der Waals surface area (Å²) in [5, 5.41) is 6.10. The van der Waals surface area contributed by atoms with Crippen molar-refractivity contribution >= 4 is 17.5 Å². The number of carbonyl (C=O) groups excluding carboxylic acids is 2. The van der Waals surface area contributed by atoms with Gasteiger partial charge in [0.05, 0.1) is 11.3 Å². The van der Waals surface area contributed by atoms with Gasteiger partial charge >= 0.3 is 0 Å². The smallest absolute Gasteiger partial charge is 0.255 e. The van der Waals surface area contributed by atoms with E-state index < -0.39 is 0 Å². The third-order valence-electron chi connectivity index (χ3n) is 5.63. The summed E-state index contributed by atoms with van der Waals surface area (Å²) in [5.41, 5.74) is 9.27. The molecule has 3 atom stereocenters. The zero-order valence-corrected chi connectivity index (χ0v) is 14.5. The van der Waals surface area contributed by atoms with Crippen molar-refractivity contribution in [3.8, 4) is 0 Å². The van der Waals surface area contributed by atoms with Crippen LogP contribution in [0.1, 0.15) is 28.8 Å². The molecule has 0 aromatic heterocycles. The molecule has 4 N–H and O–H groups in total. The molecule has 2 fully saturated rings. The zero-order chi connectivity index (χ0) is 17.4. The van der Waals surface area contributed by atoms with E-state index in [-0.39, 0.29) is 29.8 Å². The second-order valence-corrected chi connectivity index (χ2v) is 7.06. The Hall–Kier alpha value is -2.12. The third kappa shape index (κ3) is 2.87. The molecular weight excluding hydrogens is 318 g/mol. The molecule has 0 aliphatic carbocycles. The van der Waals surface area contributed by atoms with Gasteiger partial charge in [0.1, 0.15) is 6.04 Å². The van der Waals surface area contributed by atoms with Crippen LogP contribution in [0.2, 0.25) is 0 Å². The van der Waals surface area contributed by atoms with E-state index >= 15 is 0 Å². The van der Waals surface area contributed by atoms with E-state index in [1.54, 1.807) is 7.05 Å². The molecule has 0 spiro atoms. The third-order valence-corrected chi connectivity index (χ3v) is 5.63. The lowest BCUT2D eigenvalue weighted by molar-refractivity contribution is -0.123. The van der Waals surface area contributed by atoms with Gasteiger partial charge in [0.2, 0.25) is 5.91 Å². The maximum atomic E-state index is 13.2. The number of likely N-dealkylation sites (tertiary alicyclic amines) is 1. The Morgan fingerprint density at radius 3 is 3.00 bits per heavy atom. The summed E-state index contributed by atoms with van der Waals surface area (Å²) in [6.07, 6.45) is 2.96. The lowest BCUT2D eigenvalue weighted by atomic mass is 9.87. The average molecular weight is 343 g/mol. The average Bonchev–Trinajstić information content (AvgIpc) is 3.09. The number of piperidine rings is 1. The van der Waals surface area contributed by atoms with Crippen LogP contribution in [-0.2, 0) is 11.2 Å². The van der Waals surface area contributed by atoms with Crippen LogP contribution in [0.4, 0.5) is 5.69 Å². The Morgan fingerprint density at radius 2 is 2.16 bits per heavy atom. The van der Waals surface area contributed by atoms with Crippen LogP contribution in [0.15, 0.2) is 18.2 Å². The number of amides is 2. The number of carbonyl (C=O) groups is 2. The van der Waals surface area contributed by atoms with E-state index in [1.165, 1.54) is 5.56 Å². The van der Waals surface area contributed by atoms with E-state index in [0.29, 0.717) is 13.1 Å². The van der Waals surface area contributed by atoms with Crippen LogP contribution < -0.4 is 21.5 Å². The van der Waals surface area contributed by atoms with Crippen molar-refractivity contribution in [1.82, 2.24) is 21.1 Å². The first-order valence-electron chi connectivity index (χ1n) is 9.06. The number of fused-ring (bicyclic) bond motifs is 2. The molecule has 3 aliphatic rings. The summed E-state index contributed by atoms with van der Waals surface area (Å²) in [7, 11) is 1.64. The molecule has 7 nitrogen and oxygen atoms in total. The minimum absolute atomic E-state index is 0.0342. The topological polar surface area (TPSA) is 85.5 Å². The summed E-state index contributed by atoms with van der Waals surface area (Å²) >= 11 is 0. The number of nitrogens with one attached hydrogen (secondary N) is 4. The van der Waals surface area contributed by atoms with Crippen molar-refractivity contribution in [2.24, 2.45) is 5.92 Å². The molecule has 0 radical (unpaired) electrons. The van der Waals surface area contributed by atoms with E-state index in [9.17, 15) is 9.59 Å². The molecule has 25 heavy (non-hydrogen) atoms. The molecule has 1 aromatic carbocycles. The lowest BCUT2D eigenvalue weighted by Crippen LogP contribution is -2.51. The number of hydrazine groups is 1. The fraction of sp³-hybridized carbons (Fsp3) is 0.556. The monoisotopic (exact) mass is 343 g/mol. The molecule has 2 saturated heterocycles. The Morgan fingerprint density at radius 1 is 1.28 bits per heavy atom. The Balaban J connectivity index is 1.55. The van der Waals surface area contributed by atoms with Gasteiger partial charge in [-0.25, -0.2) is 5.43 Å². The van der Waals surface area contributed by atoms with Gasteiger partial charge in [-0.3, -0.25) is 15.0 Å². The lowest BCUT2D eigenvalue weighted by Gasteiger charge is -2.36. The van der Waals surface area contributed by atoms with Gasteiger partial charge in [-0.15, -0.1) is 0 Å². The van der Waals surface area contributed by atoms with E-state index in [0.717, 1.165) is 37.1 Å². The zero-order valence-electron chi connectivity index (χ0n) is 14.5. The normalized spacial score (nSPS) is 27.9. The highest BCUT2D eigenvalue weighted by Crippen LogP contribution is 2.30. The highest BCUT2D eigenvalue weighted by Gasteiger charge is 2.44. The summed E-state index contributed by atoms with van der Waals surface area (Å²) in [6.45, 7) is 2.21. The van der Waals surface area contributed by atoms with Gasteiger partial charge in [0.15, 0.2) is 0 Å². The van der Waals surface area contributed by atoms with E-state index in [4.69, 9.17) is 0 Å². The van der Waals surface area contributed by atoms with E-state index in [1.807, 2.05) is 17.0 Å². The van der Waals surface area contributed by atoms with Gasteiger partial charge in [-0.2, -0.15) is 0 Å². The molecule has 134 valence electrons. The number of rotatable bonds is 2. The second kappa shape index (κ2) is 6.65. The molecular formula is C18H25N5O2. The van der Waals surface area contributed by atoms with Gasteiger partial charge in [0, 0.05) is 38.6 Å². The summed E-state index contributed by atoms with van der Waals surface area (Å²) < 4.78 is 0. The predicted octanol–water partition coefficient (Wildman–Crippen LogP) is 0.0978. The molecule has 3 unspecified atom stereocenters. The maximum Gasteiger partial charge on any atom is 0.255 e. The summed E-state index contributed by atoms with van der Waals surface area (Å²) in [5.74, 6) is 0.116. The number of aryl methyl sites for hydroxylation is 1. The number of nitrogens with zero attached hydrogens (tertiary/aromatic N) is 1. The highest BCUT2D eigenvalue weighted by atomic mass is 16.2. The van der Waals surface area contributed by atoms with Crippen molar-refractivity contribution in [3.05, 3.63) is 29.3 Å². The summed E-state index contributed by atoms with van der Waals surface area (Å²) in [6, 6.07) is 5.91. The van der Waals surface area contributed by atoms with Crippen LogP contribution in [0.25, 0.3) is 0 Å². The predicted molar refractivity (Wildman–Crippen MR) is 95.2 cm³/mol. The molecule has 7 heteroatoms. The largest absolute Gasteiger partial charge is 0.384 e. The van der Waals surface area contributed by atoms with Gasteiger partial charge in [0.25, 0.3) is 5.91 Å². The number of likely N-dealkylation sites (N-methyl/N-ethyl adjacent to an activating group) is 1. The quantitative estimate of drug-likeness (QED) is 0.612. The fourth-order valence-corrected chi connectivity index (χ4v) is 4.26. The highest BCUT2D eigenvalue weighted by molar-refractivity contribution is 6.00. The van der Waals surface area contributed by atoms with Gasteiger partial charge in [-0.1, -0.05) is 12.1 Å². The number of hydrogen-bond acceptors (Lipinski definition) is 5. The van der Waals surface area contributed by atoms with Crippen molar-refractivity contribution in [1.29, 1.82) is 0 Å². The fourth-order valence-electron chi connectivity index (χ4n) is 4.26. The number of benzene rings is 1. The first-order chi connectivity index (χ1) is 12.2. The van der Waals surface area contributed by atoms with Crippen molar-refractivity contribution in [2.75, 3.05) is 32.0 Å². The van der Waals surface area contributed by atoms with E-state index in [2.05, 4.69) is 27.6 Å². The molecule has 0 bridgehead atoms. The number of hydrogen-bond donors (Lipinski definition) is 4.